The van der Waals surface area contributed by atoms with Crippen LogP contribution in [0.2, 0.25) is 0 Å². The Morgan fingerprint density at radius 3 is 2.58 bits per heavy atom. The third-order valence-corrected chi connectivity index (χ3v) is 6.46. The number of piperidine rings is 1. The van der Waals surface area contributed by atoms with Crippen LogP contribution in [0.15, 0.2) is 0 Å². The van der Waals surface area contributed by atoms with E-state index in [-0.39, 0.29) is 18.4 Å². The SMILES string of the molecule is O=C(CN1C[C@@H]2CN3CCCC[C@H]3[C@@H]2C1)NCC(=O)N1CCCC1. The van der Waals surface area contributed by atoms with E-state index in [1.54, 1.807) is 0 Å². The zero-order valence-corrected chi connectivity index (χ0v) is 14.6. The Labute approximate surface area is 144 Å². The highest BCUT2D eigenvalue weighted by Crippen LogP contribution is 2.40. The summed E-state index contributed by atoms with van der Waals surface area (Å²) in [5.41, 5.74) is 0. The zero-order valence-electron chi connectivity index (χ0n) is 14.6. The molecular weight excluding hydrogens is 304 g/mol. The van der Waals surface area contributed by atoms with Crippen molar-refractivity contribution in [3.8, 4) is 0 Å². The van der Waals surface area contributed by atoms with Crippen molar-refractivity contribution >= 4 is 11.8 Å². The summed E-state index contributed by atoms with van der Waals surface area (Å²) in [4.78, 5) is 31.0. The molecule has 4 rings (SSSR count). The molecule has 0 aromatic heterocycles. The number of rotatable bonds is 4. The summed E-state index contributed by atoms with van der Waals surface area (Å²) in [6.07, 6.45) is 6.24. The van der Waals surface area contributed by atoms with E-state index in [1.807, 2.05) is 4.90 Å². The minimum atomic E-state index is 0.00280. The van der Waals surface area contributed by atoms with Gasteiger partial charge in [-0.05, 0) is 44.1 Å². The van der Waals surface area contributed by atoms with Gasteiger partial charge in [-0.2, -0.15) is 0 Å². The Kier molecular flexibility index (Phi) is 4.77. The van der Waals surface area contributed by atoms with E-state index < -0.39 is 0 Å². The summed E-state index contributed by atoms with van der Waals surface area (Å²) in [6.45, 7) is 6.91. The van der Waals surface area contributed by atoms with Crippen molar-refractivity contribution in [3.05, 3.63) is 0 Å². The molecule has 0 unspecified atom stereocenters. The summed E-state index contributed by atoms with van der Waals surface area (Å²) >= 11 is 0. The first-order chi connectivity index (χ1) is 11.7. The molecule has 0 bridgehead atoms. The Balaban J connectivity index is 1.21. The molecule has 0 radical (unpaired) electrons. The molecule has 6 heteroatoms. The molecular formula is C18H30N4O2. The van der Waals surface area contributed by atoms with Crippen molar-refractivity contribution in [2.75, 3.05) is 52.4 Å². The van der Waals surface area contributed by atoms with Crippen LogP contribution in [0.5, 0.6) is 0 Å². The van der Waals surface area contributed by atoms with Gasteiger partial charge in [0, 0.05) is 38.8 Å². The first-order valence-corrected chi connectivity index (χ1v) is 9.71. The molecule has 4 fully saturated rings. The molecule has 0 spiro atoms. The largest absolute Gasteiger partial charge is 0.346 e. The molecule has 24 heavy (non-hydrogen) atoms. The van der Waals surface area contributed by atoms with Gasteiger partial charge >= 0.3 is 0 Å². The van der Waals surface area contributed by atoms with Crippen LogP contribution in [-0.2, 0) is 9.59 Å². The maximum absolute atomic E-state index is 12.2. The topological polar surface area (TPSA) is 55.9 Å². The first kappa shape index (κ1) is 16.3. The summed E-state index contributed by atoms with van der Waals surface area (Å²) in [5.74, 6) is 1.57. The number of nitrogens with zero attached hydrogens (tertiary/aromatic N) is 3. The Bertz CT molecular complexity index is 491. The lowest BCUT2D eigenvalue weighted by Crippen LogP contribution is -2.44. The maximum atomic E-state index is 12.2. The fourth-order valence-electron chi connectivity index (χ4n) is 5.29. The van der Waals surface area contributed by atoms with Crippen molar-refractivity contribution in [2.45, 2.75) is 38.1 Å². The number of nitrogens with one attached hydrogen (secondary N) is 1. The van der Waals surface area contributed by atoms with Gasteiger partial charge in [0.2, 0.25) is 11.8 Å². The van der Waals surface area contributed by atoms with Crippen LogP contribution < -0.4 is 5.32 Å². The fourth-order valence-corrected chi connectivity index (χ4v) is 5.29. The van der Waals surface area contributed by atoms with Crippen LogP contribution in [0.4, 0.5) is 0 Å². The van der Waals surface area contributed by atoms with Gasteiger partial charge in [0.1, 0.15) is 0 Å². The minimum Gasteiger partial charge on any atom is -0.346 e. The number of hydrogen-bond donors (Lipinski definition) is 1. The normalized spacial score (nSPS) is 33.5. The van der Waals surface area contributed by atoms with E-state index in [1.165, 1.54) is 32.4 Å². The van der Waals surface area contributed by atoms with Crippen LogP contribution >= 0.6 is 0 Å². The maximum Gasteiger partial charge on any atom is 0.241 e. The third kappa shape index (κ3) is 3.31. The first-order valence-electron chi connectivity index (χ1n) is 9.71. The lowest BCUT2D eigenvalue weighted by Gasteiger charge is -2.33. The molecule has 0 aromatic rings. The highest BCUT2D eigenvalue weighted by Gasteiger charge is 2.47. The standard InChI is InChI=1S/C18H30N4O2/c23-17(19-9-18(24)21-6-3-4-7-21)13-20-10-14-11-22-8-2-1-5-16(22)15(14)12-20/h14-16H,1-13H2,(H,19,23)/t14-,15-,16+/m1/s1. The van der Waals surface area contributed by atoms with Crippen LogP contribution in [0, 0.1) is 11.8 Å². The van der Waals surface area contributed by atoms with E-state index in [4.69, 9.17) is 0 Å². The van der Waals surface area contributed by atoms with Crippen LogP contribution in [-0.4, -0.2) is 84.9 Å². The van der Waals surface area contributed by atoms with Crippen LogP contribution in [0.1, 0.15) is 32.1 Å². The molecule has 134 valence electrons. The number of carbonyl (C=O) groups is 2. The lowest BCUT2D eigenvalue weighted by molar-refractivity contribution is -0.132. The minimum absolute atomic E-state index is 0.00280. The molecule has 4 aliphatic rings. The second-order valence-corrected chi connectivity index (χ2v) is 8.04. The monoisotopic (exact) mass is 334 g/mol. The quantitative estimate of drug-likeness (QED) is 0.795. The predicted octanol–water partition coefficient (Wildman–Crippen LogP) is 0.141. The summed E-state index contributed by atoms with van der Waals surface area (Å²) in [5, 5.41) is 2.83. The van der Waals surface area contributed by atoms with E-state index in [2.05, 4.69) is 15.1 Å². The van der Waals surface area contributed by atoms with Gasteiger partial charge in [-0.25, -0.2) is 0 Å². The van der Waals surface area contributed by atoms with Crippen molar-refractivity contribution in [2.24, 2.45) is 11.8 Å². The number of likely N-dealkylation sites (tertiary alicyclic amines) is 2. The average molecular weight is 334 g/mol. The molecule has 4 saturated heterocycles. The molecule has 6 nitrogen and oxygen atoms in total. The Morgan fingerprint density at radius 1 is 0.958 bits per heavy atom. The number of carbonyl (C=O) groups excluding carboxylic acids is 2. The van der Waals surface area contributed by atoms with Crippen molar-refractivity contribution in [1.82, 2.24) is 20.0 Å². The molecule has 0 saturated carbocycles. The molecule has 3 atom stereocenters. The Morgan fingerprint density at radius 2 is 1.75 bits per heavy atom. The summed E-state index contributed by atoms with van der Waals surface area (Å²) in [7, 11) is 0. The van der Waals surface area contributed by atoms with Gasteiger partial charge in [0.25, 0.3) is 0 Å². The van der Waals surface area contributed by atoms with Gasteiger partial charge in [-0.3, -0.25) is 19.4 Å². The summed E-state index contributed by atoms with van der Waals surface area (Å²) in [6, 6.07) is 0.758. The zero-order chi connectivity index (χ0) is 16.5. The average Bonchev–Trinajstić information content (AvgIpc) is 3.28. The van der Waals surface area contributed by atoms with E-state index in [0.717, 1.165) is 56.9 Å². The molecule has 4 aliphatic heterocycles. The summed E-state index contributed by atoms with van der Waals surface area (Å²) < 4.78 is 0. The predicted molar refractivity (Wildman–Crippen MR) is 91.5 cm³/mol. The van der Waals surface area contributed by atoms with Crippen molar-refractivity contribution < 1.29 is 9.59 Å². The third-order valence-electron chi connectivity index (χ3n) is 6.46. The fraction of sp³-hybridized carbons (Fsp3) is 0.889. The molecule has 0 aliphatic carbocycles. The van der Waals surface area contributed by atoms with Crippen molar-refractivity contribution in [1.29, 1.82) is 0 Å². The number of amides is 2. The highest BCUT2D eigenvalue weighted by atomic mass is 16.2. The van der Waals surface area contributed by atoms with Gasteiger partial charge in [-0.1, -0.05) is 6.42 Å². The highest BCUT2D eigenvalue weighted by molar-refractivity contribution is 5.85. The van der Waals surface area contributed by atoms with Crippen molar-refractivity contribution in [3.63, 3.8) is 0 Å². The van der Waals surface area contributed by atoms with E-state index in [0.29, 0.717) is 6.54 Å². The molecule has 4 heterocycles. The van der Waals surface area contributed by atoms with E-state index in [9.17, 15) is 9.59 Å². The van der Waals surface area contributed by atoms with Gasteiger partial charge in [0.05, 0.1) is 13.1 Å². The molecule has 2 amide bonds. The molecule has 1 N–H and O–H groups in total. The van der Waals surface area contributed by atoms with Gasteiger partial charge < -0.3 is 10.2 Å². The number of hydrogen-bond acceptors (Lipinski definition) is 4. The number of fused-ring (bicyclic) bond motifs is 3. The van der Waals surface area contributed by atoms with Gasteiger partial charge in [-0.15, -0.1) is 0 Å². The second kappa shape index (κ2) is 7.00. The smallest absolute Gasteiger partial charge is 0.241 e. The lowest BCUT2D eigenvalue weighted by atomic mass is 9.90. The van der Waals surface area contributed by atoms with Crippen LogP contribution in [0.25, 0.3) is 0 Å². The van der Waals surface area contributed by atoms with E-state index >= 15 is 0 Å². The Hall–Kier alpha value is -1.14. The molecule has 0 aromatic carbocycles. The van der Waals surface area contributed by atoms with Crippen LogP contribution in [0.3, 0.4) is 0 Å². The van der Waals surface area contributed by atoms with Gasteiger partial charge in [0.15, 0.2) is 0 Å². The second-order valence-electron chi connectivity index (χ2n) is 8.04.